The van der Waals surface area contributed by atoms with Gasteiger partial charge in [0.1, 0.15) is 5.54 Å². The van der Waals surface area contributed by atoms with Crippen LogP contribution in [0.25, 0.3) is 0 Å². The molecule has 0 aliphatic carbocycles. The molecule has 1 unspecified atom stereocenters. The molecule has 0 spiro atoms. The van der Waals surface area contributed by atoms with Crippen LogP contribution in [0.2, 0.25) is 0 Å². The van der Waals surface area contributed by atoms with Crippen molar-refractivity contribution in [2.24, 2.45) is 5.73 Å². The molecule has 5 nitrogen and oxygen atoms in total. The van der Waals surface area contributed by atoms with Crippen LogP contribution in [0.4, 0.5) is 0 Å². The summed E-state index contributed by atoms with van der Waals surface area (Å²) < 4.78 is 5.64. The number of nitrogens with two attached hydrogens (primary N) is 1. The standard InChI is InChI=1S/C12H25N3O2/c1-11(2)9-12(10(13)16,5-8-17-11)14-6-7-15(3)4/h14H,5-9H2,1-4H3,(H2,13,16). The van der Waals surface area contributed by atoms with Crippen molar-refractivity contribution < 1.29 is 9.53 Å². The number of hydrogen-bond acceptors (Lipinski definition) is 4. The van der Waals surface area contributed by atoms with E-state index in [1.165, 1.54) is 0 Å². The van der Waals surface area contributed by atoms with Crippen LogP contribution in [0.5, 0.6) is 0 Å². The number of likely N-dealkylation sites (N-methyl/N-ethyl adjacent to an activating group) is 1. The Labute approximate surface area is 104 Å². The van der Waals surface area contributed by atoms with Crippen LogP contribution in [0.3, 0.4) is 0 Å². The number of carbonyl (C=O) groups excluding carboxylic acids is 1. The van der Waals surface area contributed by atoms with E-state index < -0.39 is 5.54 Å². The molecule has 17 heavy (non-hydrogen) atoms. The van der Waals surface area contributed by atoms with Crippen LogP contribution in [-0.4, -0.2) is 55.7 Å². The average Bonchev–Trinajstić information content (AvgIpc) is 2.15. The largest absolute Gasteiger partial charge is 0.375 e. The van der Waals surface area contributed by atoms with Crippen molar-refractivity contribution in [2.75, 3.05) is 33.8 Å². The summed E-state index contributed by atoms with van der Waals surface area (Å²) in [4.78, 5) is 13.8. The van der Waals surface area contributed by atoms with Gasteiger partial charge in [0, 0.05) is 26.1 Å². The van der Waals surface area contributed by atoms with Crippen LogP contribution >= 0.6 is 0 Å². The van der Waals surface area contributed by atoms with Gasteiger partial charge in [-0.2, -0.15) is 0 Å². The van der Waals surface area contributed by atoms with Crippen LogP contribution in [0, 0.1) is 0 Å². The van der Waals surface area contributed by atoms with Gasteiger partial charge in [-0.25, -0.2) is 0 Å². The Morgan fingerprint density at radius 2 is 2.12 bits per heavy atom. The molecule has 1 atom stereocenters. The van der Waals surface area contributed by atoms with Gasteiger partial charge in [0.15, 0.2) is 0 Å². The predicted octanol–water partition coefficient (Wildman–Crippen LogP) is -0.0493. The zero-order chi connectivity index (χ0) is 13.1. The minimum Gasteiger partial charge on any atom is -0.375 e. The van der Waals surface area contributed by atoms with Crippen molar-refractivity contribution in [3.05, 3.63) is 0 Å². The smallest absolute Gasteiger partial charge is 0.237 e. The van der Waals surface area contributed by atoms with Gasteiger partial charge in [0.2, 0.25) is 5.91 Å². The summed E-state index contributed by atoms with van der Waals surface area (Å²) in [7, 11) is 4.01. The van der Waals surface area contributed by atoms with Crippen LogP contribution in [0.15, 0.2) is 0 Å². The van der Waals surface area contributed by atoms with Crippen molar-refractivity contribution in [2.45, 2.75) is 37.8 Å². The molecule has 100 valence electrons. The van der Waals surface area contributed by atoms with Gasteiger partial charge in [0.25, 0.3) is 0 Å². The second-order valence-corrected chi connectivity index (χ2v) is 5.71. The second-order valence-electron chi connectivity index (χ2n) is 5.71. The van der Waals surface area contributed by atoms with Crippen LogP contribution in [0.1, 0.15) is 26.7 Å². The number of nitrogens with zero attached hydrogens (tertiary/aromatic N) is 1. The van der Waals surface area contributed by atoms with E-state index in [0.717, 1.165) is 13.1 Å². The number of primary amides is 1. The van der Waals surface area contributed by atoms with Gasteiger partial charge in [0.05, 0.1) is 5.60 Å². The van der Waals surface area contributed by atoms with Crippen LogP contribution in [-0.2, 0) is 9.53 Å². The Balaban J connectivity index is 2.66. The molecule has 3 N–H and O–H groups in total. The highest BCUT2D eigenvalue weighted by Gasteiger charge is 2.44. The fourth-order valence-electron chi connectivity index (χ4n) is 2.33. The molecule has 5 heteroatoms. The molecule has 0 aromatic carbocycles. The zero-order valence-corrected chi connectivity index (χ0v) is 11.4. The van der Waals surface area contributed by atoms with Gasteiger partial charge >= 0.3 is 0 Å². The highest BCUT2D eigenvalue weighted by molar-refractivity contribution is 5.85. The molecule has 1 aliphatic rings. The van der Waals surface area contributed by atoms with Crippen molar-refractivity contribution in [3.8, 4) is 0 Å². The van der Waals surface area contributed by atoms with Crippen molar-refractivity contribution in [3.63, 3.8) is 0 Å². The molecule has 0 aromatic rings. The SMILES string of the molecule is CN(C)CCNC1(C(N)=O)CCOC(C)(C)C1. The maximum absolute atomic E-state index is 11.7. The normalized spacial score (nSPS) is 28.3. The summed E-state index contributed by atoms with van der Waals surface area (Å²) >= 11 is 0. The van der Waals surface area contributed by atoms with Gasteiger partial charge in [-0.15, -0.1) is 0 Å². The van der Waals surface area contributed by atoms with E-state index in [-0.39, 0.29) is 11.5 Å². The Kier molecular flexibility index (Phi) is 4.52. The van der Waals surface area contributed by atoms with E-state index in [2.05, 4.69) is 10.2 Å². The van der Waals surface area contributed by atoms with Gasteiger partial charge < -0.3 is 20.7 Å². The molecule has 0 saturated carbocycles. The van der Waals surface area contributed by atoms with E-state index >= 15 is 0 Å². The van der Waals surface area contributed by atoms with Crippen molar-refractivity contribution in [1.29, 1.82) is 0 Å². The molecule has 1 heterocycles. The van der Waals surface area contributed by atoms with Crippen molar-refractivity contribution >= 4 is 5.91 Å². The summed E-state index contributed by atoms with van der Waals surface area (Å²) in [5, 5.41) is 3.33. The fourth-order valence-corrected chi connectivity index (χ4v) is 2.33. The number of carbonyl (C=O) groups is 1. The number of ether oxygens (including phenoxy) is 1. The Hall–Kier alpha value is -0.650. The molecule has 0 aromatic heterocycles. The lowest BCUT2D eigenvalue weighted by molar-refractivity contribution is -0.138. The van der Waals surface area contributed by atoms with E-state index in [1.54, 1.807) is 0 Å². The minimum atomic E-state index is -0.613. The molecule has 1 aliphatic heterocycles. The lowest BCUT2D eigenvalue weighted by Gasteiger charge is -2.43. The molecular weight excluding hydrogens is 218 g/mol. The molecule has 1 amide bonds. The summed E-state index contributed by atoms with van der Waals surface area (Å²) in [6, 6.07) is 0. The number of amides is 1. The van der Waals surface area contributed by atoms with E-state index in [1.807, 2.05) is 27.9 Å². The summed E-state index contributed by atoms with van der Waals surface area (Å²) in [5.41, 5.74) is 4.66. The third-order valence-corrected chi connectivity index (χ3v) is 3.24. The van der Waals surface area contributed by atoms with Gasteiger partial charge in [-0.1, -0.05) is 0 Å². The fraction of sp³-hybridized carbons (Fsp3) is 0.917. The minimum absolute atomic E-state index is 0.271. The summed E-state index contributed by atoms with van der Waals surface area (Å²) in [5.74, 6) is -0.271. The maximum atomic E-state index is 11.7. The number of hydrogen-bond donors (Lipinski definition) is 2. The lowest BCUT2D eigenvalue weighted by Crippen LogP contribution is -2.62. The van der Waals surface area contributed by atoms with Crippen molar-refractivity contribution in [1.82, 2.24) is 10.2 Å². The average molecular weight is 243 g/mol. The van der Waals surface area contributed by atoms with E-state index in [0.29, 0.717) is 19.4 Å². The number of rotatable bonds is 5. The zero-order valence-electron chi connectivity index (χ0n) is 11.4. The topological polar surface area (TPSA) is 67.6 Å². The quantitative estimate of drug-likeness (QED) is 0.710. The Bertz CT molecular complexity index is 279. The Morgan fingerprint density at radius 1 is 1.47 bits per heavy atom. The second kappa shape index (κ2) is 5.33. The first-order valence-corrected chi connectivity index (χ1v) is 6.11. The van der Waals surface area contributed by atoms with E-state index in [9.17, 15) is 4.79 Å². The lowest BCUT2D eigenvalue weighted by atomic mass is 9.80. The molecule has 1 fully saturated rings. The molecular formula is C12H25N3O2. The molecule has 1 saturated heterocycles. The highest BCUT2D eigenvalue weighted by Crippen LogP contribution is 2.31. The maximum Gasteiger partial charge on any atom is 0.237 e. The third kappa shape index (κ3) is 3.94. The van der Waals surface area contributed by atoms with Crippen LogP contribution < -0.4 is 11.1 Å². The first kappa shape index (κ1) is 14.4. The summed E-state index contributed by atoms with van der Waals surface area (Å²) in [6.07, 6.45) is 1.28. The van der Waals surface area contributed by atoms with E-state index in [4.69, 9.17) is 10.5 Å². The number of nitrogens with one attached hydrogen (secondary N) is 1. The Morgan fingerprint density at radius 3 is 2.59 bits per heavy atom. The van der Waals surface area contributed by atoms with Gasteiger partial charge in [-0.3, -0.25) is 4.79 Å². The van der Waals surface area contributed by atoms with Gasteiger partial charge in [-0.05, 0) is 34.4 Å². The molecule has 0 radical (unpaired) electrons. The first-order chi connectivity index (χ1) is 7.77. The summed E-state index contributed by atoms with van der Waals surface area (Å²) in [6.45, 7) is 6.21. The molecule has 0 bridgehead atoms. The molecule has 1 rings (SSSR count). The third-order valence-electron chi connectivity index (χ3n) is 3.24. The highest BCUT2D eigenvalue weighted by atomic mass is 16.5. The monoisotopic (exact) mass is 243 g/mol. The first-order valence-electron chi connectivity index (χ1n) is 6.11. The predicted molar refractivity (Wildman–Crippen MR) is 67.7 cm³/mol.